The van der Waals surface area contributed by atoms with Gasteiger partial charge in [-0.15, -0.1) is 0 Å². The third kappa shape index (κ3) is 2.86. The molecule has 0 heterocycles. The Labute approximate surface area is 122 Å². The Hall–Kier alpha value is -2.20. The average molecular weight is 290 g/mol. The van der Waals surface area contributed by atoms with Gasteiger partial charge in [-0.2, -0.15) is 0 Å². The summed E-state index contributed by atoms with van der Waals surface area (Å²) in [5.74, 6) is -0.573. The molecule has 0 bridgehead atoms. The molecule has 0 unspecified atom stereocenters. The van der Waals surface area contributed by atoms with Gasteiger partial charge in [0.1, 0.15) is 0 Å². The van der Waals surface area contributed by atoms with Gasteiger partial charge in [-0.1, -0.05) is 36.7 Å². The molecule has 0 saturated heterocycles. The van der Waals surface area contributed by atoms with Gasteiger partial charge in [-0.3, -0.25) is 4.79 Å². The Morgan fingerprint density at radius 3 is 2.65 bits per heavy atom. The van der Waals surface area contributed by atoms with Crippen molar-refractivity contribution in [2.24, 2.45) is 5.73 Å². The highest BCUT2D eigenvalue weighted by molar-refractivity contribution is 6.34. The summed E-state index contributed by atoms with van der Waals surface area (Å²) in [5, 5.41) is 3.55. The quantitative estimate of drug-likeness (QED) is 0.755. The van der Waals surface area contributed by atoms with Crippen LogP contribution < -0.4 is 16.8 Å². The van der Waals surface area contributed by atoms with E-state index in [2.05, 4.69) is 12.2 Å². The first-order valence-corrected chi connectivity index (χ1v) is 6.64. The van der Waals surface area contributed by atoms with E-state index < -0.39 is 5.91 Å². The Kier molecular flexibility index (Phi) is 4.15. The number of para-hydroxylation sites is 1. The number of nitrogens with two attached hydrogens (primary N) is 2. The van der Waals surface area contributed by atoms with Gasteiger partial charge in [0.15, 0.2) is 0 Å². The Balaban J connectivity index is 2.50. The first kappa shape index (κ1) is 14.2. The molecule has 20 heavy (non-hydrogen) atoms. The van der Waals surface area contributed by atoms with E-state index >= 15 is 0 Å². The number of hydrogen-bond acceptors (Lipinski definition) is 3. The lowest BCUT2D eigenvalue weighted by atomic mass is 10.1. The van der Waals surface area contributed by atoms with Crippen LogP contribution in [0.3, 0.4) is 0 Å². The molecule has 4 nitrogen and oxygen atoms in total. The molecule has 0 saturated carbocycles. The maximum absolute atomic E-state index is 11.5. The molecule has 0 aromatic heterocycles. The van der Waals surface area contributed by atoms with Crippen LogP contribution in [0.2, 0.25) is 5.02 Å². The number of amides is 1. The van der Waals surface area contributed by atoms with E-state index in [1.165, 1.54) is 6.07 Å². The molecule has 0 aliphatic carbocycles. The maximum Gasteiger partial charge on any atom is 0.250 e. The van der Waals surface area contributed by atoms with Crippen LogP contribution >= 0.6 is 11.6 Å². The SMILES string of the molecule is CCc1ccccc1Nc1c(Cl)cc(N)cc1C(N)=O. The summed E-state index contributed by atoms with van der Waals surface area (Å²) >= 11 is 6.17. The number of aryl methyl sites for hydroxylation is 1. The minimum Gasteiger partial charge on any atom is -0.399 e. The van der Waals surface area contributed by atoms with Crippen molar-refractivity contribution in [2.45, 2.75) is 13.3 Å². The van der Waals surface area contributed by atoms with Gasteiger partial charge in [-0.05, 0) is 30.2 Å². The van der Waals surface area contributed by atoms with Crippen LogP contribution in [-0.2, 0) is 6.42 Å². The molecule has 0 aliphatic heterocycles. The molecule has 0 spiro atoms. The molecular weight excluding hydrogens is 274 g/mol. The molecule has 0 atom stereocenters. The van der Waals surface area contributed by atoms with Crippen LogP contribution in [0.4, 0.5) is 17.1 Å². The van der Waals surface area contributed by atoms with E-state index in [4.69, 9.17) is 23.1 Å². The molecule has 2 aromatic rings. The van der Waals surface area contributed by atoms with Gasteiger partial charge in [0, 0.05) is 11.4 Å². The summed E-state index contributed by atoms with van der Waals surface area (Å²) in [7, 11) is 0. The van der Waals surface area contributed by atoms with Crippen molar-refractivity contribution in [3.63, 3.8) is 0 Å². The first-order valence-electron chi connectivity index (χ1n) is 6.26. The molecule has 0 radical (unpaired) electrons. The number of carbonyl (C=O) groups is 1. The van der Waals surface area contributed by atoms with Gasteiger partial charge >= 0.3 is 0 Å². The minimum atomic E-state index is -0.573. The molecule has 104 valence electrons. The summed E-state index contributed by atoms with van der Waals surface area (Å²) in [6, 6.07) is 10.9. The van der Waals surface area contributed by atoms with Gasteiger partial charge in [0.05, 0.1) is 16.3 Å². The Morgan fingerprint density at radius 1 is 1.30 bits per heavy atom. The predicted molar refractivity (Wildman–Crippen MR) is 83.5 cm³/mol. The van der Waals surface area contributed by atoms with E-state index in [-0.39, 0.29) is 5.56 Å². The highest BCUT2D eigenvalue weighted by Gasteiger charge is 2.14. The number of hydrogen-bond donors (Lipinski definition) is 3. The largest absolute Gasteiger partial charge is 0.399 e. The number of halogens is 1. The van der Waals surface area contributed by atoms with Gasteiger partial charge in [0.25, 0.3) is 5.91 Å². The zero-order chi connectivity index (χ0) is 14.7. The maximum atomic E-state index is 11.5. The fourth-order valence-corrected chi connectivity index (χ4v) is 2.31. The number of nitrogen functional groups attached to an aromatic ring is 1. The van der Waals surface area contributed by atoms with Crippen molar-refractivity contribution in [1.29, 1.82) is 0 Å². The number of carbonyl (C=O) groups excluding carboxylic acids is 1. The molecular formula is C15H16ClN3O. The summed E-state index contributed by atoms with van der Waals surface area (Å²) < 4.78 is 0. The minimum absolute atomic E-state index is 0.279. The van der Waals surface area contributed by atoms with E-state index in [1.807, 2.05) is 24.3 Å². The van der Waals surface area contributed by atoms with Crippen LogP contribution in [0.15, 0.2) is 36.4 Å². The van der Waals surface area contributed by atoms with E-state index in [0.29, 0.717) is 16.4 Å². The fourth-order valence-electron chi connectivity index (χ4n) is 2.03. The summed E-state index contributed by atoms with van der Waals surface area (Å²) in [5.41, 5.74) is 14.3. The lowest BCUT2D eigenvalue weighted by Crippen LogP contribution is -2.14. The Morgan fingerprint density at radius 2 is 2.00 bits per heavy atom. The zero-order valence-electron chi connectivity index (χ0n) is 11.1. The van der Waals surface area contributed by atoms with Crippen LogP contribution in [-0.4, -0.2) is 5.91 Å². The van der Waals surface area contributed by atoms with Crippen molar-refractivity contribution in [2.75, 3.05) is 11.1 Å². The second-order valence-electron chi connectivity index (χ2n) is 4.43. The molecule has 0 fully saturated rings. The van der Waals surface area contributed by atoms with Crippen molar-refractivity contribution < 1.29 is 4.79 Å². The second kappa shape index (κ2) is 5.84. The van der Waals surface area contributed by atoms with Crippen molar-refractivity contribution >= 4 is 34.6 Å². The predicted octanol–water partition coefficient (Wildman–Crippen LogP) is 3.33. The zero-order valence-corrected chi connectivity index (χ0v) is 11.9. The summed E-state index contributed by atoms with van der Waals surface area (Å²) in [6.07, 6.45) is 0.863. The number of primary amides is 1. The molecule has 2 rings (SSSR count). The number of nitrogens with one attached hydrogen (secondary N) is 1. The highest BCUT2D eigenvalue weighted by Crippen LogP contribution is 2.32. The second-order valence-corrected chi connectivity index (χ2v) is 4.83. The van der Waals surface area contributed by atoms with Crippen LogP contribution in [0.1, 0.15) is 22.8 Å². The first-order chi connectivity index (χ1) is 9.52. The molecule has 2 aromatic carbocycles. The molecule has 5 heteroatoms. The van der Waals surface area contributed by atoms with Crippen LogP contribution in [0.25, 0.3) is 0 Å². The van der Waals surface area contributed by atoms with Crippen molar-refractivity contribution in [3.8, 4) is 0 Å². The number of anilines is 3. The van der Waals surface area contributed by atoms with Crippen molar-refractivity contribution in [3.05, 3.63) is 52.5 Å². The average Bonchev–Trinajstić information content (AvgIpc) is 2.41. The smallest absolute Gasteiger partial charge is 0.250 e. The molecule has 1 amide bonds. The van der Waals surface area contributed by atoms with E-state index in [0.717, 1.165) is 17.7 Å². The number of rotatable bonds is 4. The summed E-state index contributed by atoms with van der Waals surface area (Å²) in [4.78, 5) is 11.5. The normalized spacial score (nSPS) is 10.3. The van der Waals surface area contributed by atoms with Crippen LogP contribution in [0.5, 0.6) is 0 Å². The summed E-state index contributed by atoms with van der Waals surface area (Å²) in [6.45, 7) is 2.06. The van der Waals surface area contributed by atoms with E-state index in [1.54, 1.807) is 6.07 Å². The molecule has 5 N–H and O–H groups in total. The van der Waals surface area contributed by atoms with Crippen LogP contribution in [0, 0.1) is 0 Å². The van der Waals surface area contributed by atoms with Gasteiger partial charge < -0.3 is 16.8 Å². The topological polar surface area (TPSA) is 81.1 Å². The van der Waals surface area contributed by atoms with Gasteiger partial charge in [-0.25, -0.2) is 0 Å². The number of benzene rings is 2. The third-order valence-corrected chi connectivity index (χ3v) is 3.33. The standard InChI is InChI=1S/C15H16ClN3O/c1-2-9-5-3-4-6-13(9)19-14-11(15(18)20)7-10(17)8-12(14)16/h3-8,19H,2,17H2,1H3,(H2,18,20). The fraction of sp³-hybridized carbons (Fsp3) is 0.133. The Bertz CT molecular complexity index is 656. The van der Waals surface area contributed by atoms with Crippen molar-refractivity contribution in [1.82, 2.24) is 0 Å². The molecule has 0 aliphatic rings. The monoisotopic (exact) mass is 289 g/mol. The lowest BCUT2D eigenvalue weighted by molar-refractivity contribution is 0.100. The highest BCUT2D eigenvalue weighted by atomic mass is 35.5. The van der Waals surface area contributed by atoms with Gasteiger partial charge in [0.2, 0.25) is 0 Å². The third-order valence-electron chi connectivity index (χ3n) is 3.04. The van der Waals surface area contributed by atoms with E-state index in [9.17, 15) is 4.79 Å². The lowest BCUT2D eigenvalue weighted by Gasteiger charge is -2.15.